The van der Waals surface area contributed by atoms with Crippen molar-refractivity contribution in [3.05, 3.63) is 77.7 Å². The average Bonchev–Trinajstić information content (AvgIpc) is 3.29. The molecular weight excluding hydrogens is 515 g/mol. The normalized spacial score (nSPS) is 20.7. The molecule has 196 valence electrons. The molecule has 1 saturated heterocycles. The summed E-state index contributed by atoms with van der Waals surface area (Å²) in [6.45, 7) is 5.24. The molecule has 0 bridgehead atoms. The lowest BCUT2D eigenvalue weighted by molar-refractivity contribution is -0.151. The van der Waals surface area contributed by atoms with Gasteiger partial charge in [-0.3, -0.25) is 14.7 Å². The molecule has 9 nitrogen and oxygen atoms in total. The Labute approximate surface area is 220 Å². The maximum Gasteiger partial charge on any atom is 0.378 e. The number of carbonyl (C=O) groups excluding carboxylic acids is 2. The minimum Gasteiger partial charge on any atom is -0.487 e. The van der Waals surface area contributed by atoms with Crippen LogP contribution < -0.4 is 4.74 Å². The van der Waals surface area contributed by atoms with Crippen LogP contribution in [0, 0.1) is 0 Å². The topological polar surface area (TPSA) is 104 Å². The molecule has 0 aliphatic carbocycles. The van der Waals surface area contributed by atoms with E-state index in [1.807, 2.05) is 60.7 Å². The lowest BCUT2D eigenvalue weighted by Crippen LogP contribution is -2.61. The predicted molar refractivity (Wildman–Crippen MR) is 141 cm³/mol. The van der Waals surface area contributed by atoms with E-state index < -0.39 is 25.0 Å². The Bertz CT molecular complexity index is 1240. The van der Waals surface area contributed by atoms with Gasteiger partial charge in [-0.25, -0.2) is 9.36 Å². The van der Waals surface area contributed by atoms with Crippen molar-refractivity contribution in [1.82, 2.24) is 4.90 Å². The van der Waals surface area contributed by atoms with E-state index in [4.69, 9.17) is 18.5 Å². The fraction of sp³-hybridized carbons (Fsp3) is 0.346. The number of hydrogen-bond acceptors (Lipinski definition) is 9. The monoisotopic (exact) mass is 544 g/mol. The first-order valence-corrected chi connectivity index (χ1v) is 14.5. The molecule has 2 aromatic rings. The number of aliphatic imine (C=N–C) groups is 1. The van der Waals surface area contributed by atoms with Crippen LogP contribution in [-0.2, 0) is 34.5 Å². The van der Waals surface area contributed by atoms with E-state index in [0.29, 0.717) is 10.8 Å². The minimum atomic E-state index is -3.52. The van der Waals surface area contributed by atoms with Gasteiger partial charge in [0.05, 0.1) is 12.8 Å². The summed E-state index contributed by atoms with van der Waals surface area (Å²) in [5, 5.41) is 0.173. The molecule has 2 heterocycles. The maximum atomic E-state index is 13.3. The van der Waals surface area contributed by atoms with Crippen molar-refractivity contribution in [3.8, 4) is 5.75 Å². The molecule has 0 N–H and O–H groups in total. The quantitative estimate of drug-likeness (QED) is 0.121. The molecule has 2 aromatic carbocycles. The van der Waals surface area contributed by atoms with Crippen molar-refractivity contribution in [1.29, 1.82) is 0 Å². The summed E-state index contributed by atoms with van der Waals surface area (Å²) >= 11 is 1.34. The smallest absolute Gasteiger partial charge is 0.378 e. The van der Waals surface area contributed by atoms with Crippen LogP contribution in [0.15, 0.2) is 77.1 Å². The van der Waals surface area contributed by atoms with Crippen molar-refractivity contribution < 1.29 is 32.7 Å². The van der Waals surface area contributed by atoms with E-state index >= 15 is 0 Å². The molecule has 4 rings (SSSR count). The summed E-state index contributed by atoms with van der Waals surface area (Å²) in [5.74, 6) is -0.446. The van der Waals surface area contributed by atoms with Gasteiger partial charge in [-0.05, 0) is 31.5 Å². The van der Waals surface area contributed by atoms with Gasteiger partial charge in [-0.1, -0.05) is 67.2 Å². The second-order valence-corrected chi connectivity index (χ2v) is 11.7. The molecule has 3 atom stereocenters. The Hall–Kier alpha value is -3.07. The summed E-state index contributed by atoms with van der Waals surface area (Å²) in [5.41, 5.74) is 0.678. The van der Waals surface area contributed by atoms with Crippen LogP contribution in [0.3, 0.4) is 0 Å². The highest BCUT2D eigenvalue weighted by Crippen LogP contribution is 2.51. The second-order valence-electron chi connectivity index (χ2n) is 8.19. The first kappa shape index (κ1) is 27.0. The number of hydrogen-bond donors (Lipinski definition) is 0. The number of ether oxygens (including phenoxy) is 2. The molecule has 0 saturated carbocycles. The molecule has 0 aromatic heterocycles. The van der Waals surface area contributed by atoms with Crippen LogP contribution >= 0.6 is 19.4 Å². The Kier molecular flexibility index (Phi) is 8.74. The van der Waals surface area contributed by atoms with Gasteiger partial charge < -0.3 is 18.5 Å². The number of allylic oxidation sites excluding steroid dienone is 1. The largest absolute Gasteiger partial charge is 0.487 e. The average molecular weight is 545 g/mol. The summed E-state index contributed by atoms with van der Waals surface area (Å²) in [4.78, 5) is 32.2. The van der Waals surface area contributed by atoms with Crippen LogP contribution in [0.1, 0.15) is 26.3 Å². The first-order chi connectivity index (χ1) is 17.8. The maximum absolute atomic E-state index is 13.3. The van der Waals surface area contributed by atoms with E-state index in [-0.39, 0.29) is 43.3 Å². The van der Waals surface area contributed by atoms with E-state index in [0.717, 1.165) is 5.56 Å². The van der Waals surface area contributed by atoms with Crippen LogP contribution in [0.5, 0.6) is 5.75 Å². The third kappa shape index (κ3) is 6.26. The molecule has 11 heteroatoms. The standard InChI is InChI=1S/C26H29N2O7PS/c1-4-34-36(31,5-2)35-18(3)23(26(30)33-16-19-12-8-6-9-13-19)28-24(29)22-25(28)37-21(27-22)17-32-20-14-10-7-11-15-20/h6-15,22,25H,4-5,16-17H2,1-3H3. The minimum absolute atomic E-state index is 0.00178. The molecule has 2 aliphatic rings. The molecular formula is C26H29N2O7PS. The van der Waals surface area contributed by atoms with Crippen LogP contribution in [0.25, 0.3) is 0 Å². The number of rotatable bonds is 12. The van der Waals surface area contributed by atoms with Crippen LogP contribution in [-0.4, -0.2) is 52.6 Å². The number of esters is 1. The third-order valence-electron chi connectivity index (χ3n) is 5.63. The van der Waals surface area contributed by atoms with Gasteiger partial charge in [0.15, 0.2) is 11.7 Å². The first-order valence-electron chi connectivity index (χ1n) is 11.9. The lowest BCUT2D eigenvalue weighted by atomic mass is 10.1. The zero-order valence-corrected chi connectivity index (χ0v) is 22.6. The number of likely N-dealkylation sites (tertiary alicyclic amines) is 1. The van der Waals surface area contributed by atoms with Gasteiger partial charge >= 0.3 is 13.6 Å². The number of β-lactam (4-membered cyclic amide) rings is 1. The highest BCUT2D eigenvalue weighted by Gasteiger charge is 2.56. The highest BCUT2D eigenvalue weighted by atomic mass is 32.2. The number of fused-ring (bicyclic) bond motifs is 1. The summed E-state index contributed by atoms with van der Waals surface area (Å²) in [6.07, 6.45) is 0.101. The van der Waals surface area contributed by atoms with Gasteiger partial charge in [0.1, 0.15) is 35.1 Å². The van der Waals surface area contributed by atoms with Crippen LogP contribution in [0.2, 0.25) is 0 Å². The summed E-state index contributed by atoms with van der Waals surface area (Å²) in [6, 6.07) is 17.8. The number of amides is 1. The lowest BCUT2D eigenvalue weighted by Gasteiger charge is -2.41. The zero-order chi connectivity index (χ0) is 26.4. The van der Waals surface area contributed by atoms with E-state index in [9.17, 15) is 14.2 Å². The summed E-state index contributed by atoms with van der Waals surface area (Å²) in [7, 11) is -3.52. The number of carbonyl (C=O) groups is 2. The van der Waals surface area contributed by atoms with Crippen molar-refractivity contribution in [2.45, 2.75) is 38.8 Å². The highest BCUT2D eigenvalue weighted by molar-refractivity contribution is 8.15. The molecule has 2 aliphatic heterocycles. The fourth-order valence-electron chi connectivity index (χ4n) is 3.81. The Morgan fingerprint density at radius 1 is 1.05 bits per heavy atom. The SMILES string of the molecule is CCOP(=O)(CC)OC(C)=C(C(=O)OCc1ccccc1)N1C(=O)C2N=C(COc3ccccc3)SC21. The Morgan fingerprint density at radius 3 is 2.38 bits per heavy atom. The fourth-order valence-corrected chi connectivity index (χ4v) is 6.28. The molecule has 0 radical (unpaired) electrons. The predicted octanol–water partition coefficient (Wildman–Crippen LogP) is 4.99. The van der Waals surface area contributed by atoms with Gasteiger partial charge in [0, 0.05) is 0 Å². The van der Waals surface area contributed by atoms with E-state index in [1.165, 1.54) is 23.6 Å². The molecule has 1 amide bonds. The van der Waals surface area contributed by atoms with E-state index in [1.54, 1.807) is 13.8 Å². The number of para-hydroxylation sites is 1. The number of nitrogens with zero attached hydrogens (tertiary/aromatic N) is 2. The van der Waals surface area contributed by atoms with Crippen LogP contribution in [0.4, 0.5) is 0 Å². The van der Waals surface area contributed by atoms with E-state index in [2.05, 4.69) is 4.99 Å². The van der Waals surface area contributed by atoms with Crippen molar-refractivity contribution in [3.63, 3.8) is 0 Å². The third-order valence-corrected chi connectivity index (χ3v) is 8.81. The van der Waals surface area contributed by atoms with Crippen molar-refractivity contribution >= 4 is 36.3 Å². The second kappa shape index (κ2) is 12.0. The van der Waals surface area contributed by atoms with Crippen molar-refractivity contribution in [2.24, 2.45) is 4.99 Å². The molecule has 37 heavy (non-hydrogen) atoms. The Balaban J connectivity index is 1.53. The summed E-state index contributed by atoms with van der Waals surface area (Å²) < 4.78 is 35.4. The zero-order valence-electron chi connectivity index (χ0n) is 20.9. The van der Waals surface area contributed by atoms with Crippen molar-refractivity contribution in [2.75, 3.05) is 19.4 Å². The van der Waals surface area contributed by atoms with Gasteiger partial charge in [0.25, 0.3) is 5.91 Å². The Morgan fingerprint density at radius 2 is 1.73 bits per heavy atom. The van der Waals surface area contributed by atoms with Gasteiger partial charge in [-0.15, -0.1) is 0 Å². The number of benzene rings is 2. The van der Waals surface area contributed by atoms with Gasteiger partial charge in [-0.2, -0.15) is 0 Å². The molecule has 3 unspecified atom stereocenters. The molecule has 0 spiro atoms. The number of thioether (sulfide) groups is 1. The van der Waals surface area contributed by atoms with Gasteiger partial charge in [0.2, 0.25) is 0 Å². The molecule has 1 fully saturated rings.